The van der Waals surface area contributed by atoms with E-state index in [9.17, 15) is 14.0 Å². The molecule has 0 amide bonds. The topological polar surface area (TPSA) is 43.4 Å². The fourth-order valence-corrected chi connectivity index (χ4v) is 1.34. The largest absolute Gasteiger partial charge is 0.496 e. The Morgan fingerprint density at radius 3 is 2.62 bits per heavy atom. The summed E-state index contributed by atoms with van der Waals surface area (Å²) in [5.41, 5.74) is -0.146. The molecule has 0 unspecified atom stereocenters. The van der Waals surface area contributed by atoms with E-state index in [0.29, 0.717) is 0 Å². The van der Waals surface area contributed by atoms with Crippen molar-refractivity contribution in [2.45, 2.75) is 19.8 Å². The molecule has 1 aromatic rings. The van der Waals surface area contributed by atoms with Crippen LogP contribution in [0.1, 0.15) is 30.1 Å². The Kier molecular flexibility index (Phi) is 4.17. The first-order chi connectivity index (χ1) is 7.60. The Hall–Kier alpha value is -1.71. The molecule has 4 heteroatoms. The highest BCUT2D eigenvalue weighted by Crippen LogP contribution is 2.22. The molecule has 0 bridgehead atoms. The van der Waals surface area contributed by atoms with Gasteiger partial charge in [0.2, 0.25) is 0 Å². The minimum absolute atomic E-state index is 0.146. The van der Waals surface area contributed by atoms with Gasteiger partial charge in [0.25, 0.3) is 0 Å². The summed E-state index contributed by atoms with van der Waals surface area (Å²) in [6.45, 7) is 1.66. The number of benzene rings is 1. The second-order valence-electron chi connectivity index (χ2n) is 3.31. The summed E-state index contributed by atoms with van der Waals surface area (Å²) in [6, 6.07) is 4.12. The Labute approximate surface area is 93.2 Å². The maximum Gasteiger partial charge on any atom is 0.176 e. The first-order valence-corrected chi connectivity index (χ1v) is 4.97. The highest BCUT2D eigenvalue weighted by molar-refractivity contribution is 6.09. The summed E-state index contributed by atoms with van der Waals surface area (Å²) in [5, 5.41) is 0. The van der Waals surface area contributed by atoms with Gasteiger partial charge < -0.3 is 4.74 Å². The van der Waals surface area contributed by atoms with E-state index in [1.165, 1.54) is 25.3 Å². The van der Waals surface area contributed by atoms with Gasteiger partial charge in [-0.1, -0.05) is 13.0 Å². The molecule has 0 spiro atoms. The molecule has 0 fully saturated rings. The molecule has 86 valence electrons. The van der Waals surface area contributed by atoms with Gasteiger partial charge >= 0.3 is 0 Å². The van der Waals surface area contributed by atoms with Gasteiger partial charge in [-0.25, -0.2) is 4.39 Å². The van der Waals surface area contributed by atoms with E-state index in [4.69, 9.17) is 4.74 Å². The monoisotopic (exact) mass is 224 g/mol. The number of hydrogen-bond acceptors (Lipinski definition) is 3. The minimum Gasteiger partial charge on any atom is -0.496 e. The molecular formula is C12H13FO3. The van der Waals surface area contributed by atoms with Crippen molar-refractivity contribution < 1.29 is 18.7 Å². The molecule has 3 nitrogen and oxygen atoms in total. The zero-order valence-corrected chi connectivity index (χ0v) is 9.25. The molecule has 0 radical (unpaired) electrons. The third-order valence-electron chi connectivity index (χ3n) is 2.23. The normalized spacial score (nSPS) is 9.94. The predicted molar refractivity (Wildman–Crippen MR) is 57.2 cm³/mol. The van der Waals surface area contributed by atoms with E-state index < -0.39 is 11.6 Å². The maximum absolute atomic E-state index is 13.4. The van der Waals surface area contributed by atoms with Crippen LogP contribution in [-0.2, 0) is 4.79 Å². The lowest BCUT2D eigenvalue weighted by atomic mass is 10.0. The van der Waals surface area contributed by atoms with Gasteiger partial charge in [-0.3, -0.25) is 9.59 Å². The molecule has 0 saturated heterocycles. The van der Waals surface area contributed by atoms with Gasteiger partial charge in [-0.2, -0.15) is 0 Å². The number of rotatable bonds is 5. The zero-order chi connectivity index (χ0) is 12.1. The number of ether oxygens (including phenoxy) is 1. The average molecular weight is 224 g/mol. The van der Waals surface area contributed by atoms with Gasteiger partial charge in [-0.05, 0) is 12.1 Å². The van der Waals surface area contributed by atoms with E-state index in [0.717, 1.165) is 0 Å². The van der Waals surface area contributed by atoms with Crippen molar-refractivity contribution in [3.63, 3.8) is 0 Å². The van der Waals surface area contributed by atoms with E-state index in [2.05, 4.69) is 0 Å². The molecule has 0 atom stereocenters. The fourth-order valence-electron chi connectivity index (χ4n) is 1.34. The lowest BCUT2D eigenvalue weighted by molar-refractivity contribution is -0.117. The van der Waals surface area contributed by atoms with Crippen LogP contribution in [0, 0.1) is 5.82 Å². The third kappa shape index (κ3) is 2.66. The molecule has 0 aromatic heterocycles. The first kappa shape index (κ1) is 12.4. The van der Waals surface area contributed by atoms with Crippen molar-refractivity contribution in [1.29, 1.82) is 0 Å². The summed E-state index contributed by atoms with van der Waals surface area (Å²) >= 11 is 0. The highest BCUT2D eigenvalue weighted by Gasteiger charge is 2.19. The van der Waals surface area contributed by atoms with Gasteiger partial charge in [0.15, 0.2) is 5.78 Å². The molecule has 1 aromatic carbocycles. The van der Waals surface area contributed by atoms with Crippen LogP contribution in [0.5, 0.6) is 5.75 Å². The lowest BCUT2D eigenvalue weighted by Gasteiger charge is -2.07. The van der Waals surface area contributed by atoms with Crippen molar-refractivity contribution in [3.05, 3.63) is 29.6 Å². The SMILES string of the molecule is CCC(=O)CC(=O)c1c(F)cccc1OC. The number of methoxy groups -OCH3 is 1. The van der Waals surface area contributed by atoms with Crippen LogP contribution in [0.2, 0.25) is 0 Å². The Morgan fingerprint density at radius 2 is 2.06 bits per heavy atom. The quantitative estimate of drug-likeness (QED) is 0.569. The molecule has 16 heavy (non-hydrogen) atoms. The number of carbonyl (C=O) groups excluding carboxylic acids is 2. The summed E-state index contributed by atoms with van der Waals surface area (Å²) in [6.07, 6.45) is -0.0176. The van der Waals surface area contributed by atoms with Crippen molar-refractivity contribution in [3.8, 4) is 5.75 Å². The molecule has 0 aliphatic carbocycles. The molecule has 0 aliphatic rings. The van der Waals surface area contributed by atoms with E-state index in [-0.39, 0.29) is 29.9 Å². The van der Waals surface area contributed by atoms with Gasteiger partial charge in [0.05, 0.1) is 19.1 Å². The molecule has 0 N–H and O–H groups in total. The van der Waals surface area contributed by atoms with Gasteiger partial charge in [0.1, 0.15) is 17.3 Å². The minimum atomic E-state index is -0.659. The molecule has 1 rings (SSSR count). The van der Waals surface area contributed by atoms with E-state index in [1.807, 2.05) is 0 Å². The van der Waals surface area contributed by atoms with Crippen LogP contribution in [0.25, 0.3) is 0 Å². The van der Waals surface area contributed by atoms with Crippen LogP contribution < -0.4 is 4.74 Å². The second-order valence-corrected chi connectivity index (χ2v) is 3.31. The van der Waals surface area contributed by atoms with Crippen LogP contribution in [0.3, 0.4) is 0 Å². The Bertz CT molecular complexity index is 413. The number of halogens is 1. The van der Waals surface area contributed by atoms with Crippen LogP contribution >= 0.6 is 0 Å². The molecule has 0 heterocycles. The summed E-state index contributed by atoms with van der Waals surface area (Å²) in [7, 11) is 1.35. The summed E-state index contributed by atoms with van der Waals surface area (Å²) < 4.78 is 18.3. The average Bonchev–Trinajstić information content (AvgIpc) is 2.28. The van der Waals surface area contributed by atoms with E-state index in [1.54, 1.807) is 6.92 Å². The first-order valence-electron chi connectivity index (χ1n) is 4.97. The zero-order valence-electron chi connectivity index (χ0n) is 9.25. The highest BCUT2D eigenvalue weighted by atomic mass is 19.1. The van der Waals surface area contributed by atoms with E-state index >= 15 is 0 Å². The van der Waals surface area contributed by atoms with Gasteiger partial charge in [0, 0.05) is 6.42 Å². The predicted octanol–water partition coefficient (Wildman–Crippen LogP) is 2.39. The number of ketones is 2. The summed E-state index contributed by atoms with van der Waals surface area (Å²) in [5.74, 6) is -1.25. The van der Waals surface area contributed by atoms with Crippen LogP contribution in [-0.4, -0.2) is 18.7 Å². The summed E-state index contributed by atoms with van der Waals surface area (Å²) in [4.78, 5) is 22.8. The van der Waals surface area contributed by atoms with Crippen molar-refractivity contribution in [2.75, 3.05) is 7.11 Å². The maximum atomic E-state index is 13.4. The number of Topliss-reactive ketones (excluding diaryl/α,β-unsaturated/α-hetero) is 2. The van der Waals surface area contributed by atoms with Crippen molar-refractivity contribution in [1.82, 2.24) is 0 Å². The number of carbonyl (C=O) groups is 2. The standard InChI is InChI=1S/C12H13FO3/c1-3-8(14)7-10(15)12-9(13)5-4-6-11(12)16-2/h4-6H,3,7H2,1-2H3. The number of hydrogen-bond donors (Lipinski definition) is 0. The molecular weight excluding hydrogens is 211 g/mol. The molecule has 0 saturated carbocycles. The Morgan fingerprint density at radius 1 is 1.38 bits per heavy atom. The van der Waals surface area contributed by atoms with Crippen LogP contribution in [0.4, 0.5) is 4.39 Å². The fraction of sp³-hybridized carbons (Fsp3) is 0.333. The van der Waals surface area contributed by atoms with Gasteiger partial charge in [-0.15, -0.1) is 0 Å². The van der Waals surface area contributed by atoms with Crippen molar-refractivity contribution >= 4 is 11.6 Å². The smallest absolute Gasteiger partial charge is 0.176 e. The molecule has 0 aliphatic heterocycles. The Balaban J connectivity index is 3.02. The lowest BCUT2D eigenvalue weighted by Crippen LogP contribution is -2.10. The third-order valence-corrected chi connectivity index (χ3v) is 2.23. The van der Waals surface area contributed by atoms with Crippen molar-refractivity contribution in [2.24, 2.45) is 0 Å². The second kappa shape index (κ2) is 5.39. The van der Waals surface area contributed by atoms with Crippen LogP contribution in [0.15, 0.2) is 18.2 Å².